The Balaban J connectivity index is 2.22. The van der Waals surface area contributed by atoms with Crippen LogP contribution in [0.25, 0.3) is 0 Å². The SMILES string of the molecule is CN(C)C1CCN(c2c(Cl)cccc2C(=O)O)CC1. The number of piperidine rings is 1. The fourth-order valence-corrected chi connectivity index (χ4v) is 2.91. The van der Waals surface area contributed by atoms with E-state index >= 15 is 0 Å². The number of hydrogen-bond acceptors (Lipinski definition) is 3. The number of halogens is 1. The van der Waals surface area contributed by atoms with Gasteiger partial charge < -0.3 is 14.9 Å². The van der Waals surface area contributed by atoms with Gasteiger partial charge in [0, 0.05) is 19.1 Å². The van der Waals surface area contributed by atoms with Crippen molar-refractivity contribution in [3.05, 3.63) is 28.8 Å². The Bertz CT molecular complexity index is 469. The Morgan fingerprint density at radius 3 is 2.53 bits per heavy atom. The number of carbonyl (C=O) groups is 1. The molecule has 5 heteroatoms. The van der Waals surface area contributed by atoms with E-state index in [1.165, 1.54) is 0 Å². The van der Waals surface area contributed by atoms with Gasteiger partial charge in [0.1, 0.15) is 0 Å². The number of nitrogens with zero attached hydrogens (tertiary/aromatic N) is 2. The van der Waals surface area contributed by atoms with Crippen LogP contribution in [0.5, 0.6) is 0 Å². The molecule has 0 aromatic heterocycles. The van der Waals surface area contributed by atoms with E-state index in [0.717, 1.165) is 25.9 Å². The van der Waals surface area contributed by atoms with Gasteiger partial charge >= 0.3 is 5.97 Å². The van der Waals surface area contributed by atoms with Gasteiger partial charge in [0.15, 0.2) is 0 Å². The first kappa shape index (κ1) is 14.2. The van der Waals surface area contributed by atoms with E-state index in [0.29, 0.717) is 16.8 Å². The molecule has 1 aromatic carbocycles. The maximum absolute atomic E-state index is 11.3. The highest BCUT2D eigenvalue weighted by atomic mass is 35.5. The van der Waals surface area contributed by atoms with Crippen molar-refractivity contribution in [1.29, 1.82) is 0 Å². The van der Waals surface area contributed by atoms with Crippen LogP contribution in [0.15, 0.2) is 18.2 Å². The monoisotopic (exact) mass is 282 g/mol. The Morgan fingerprint density at radius 1 is 1.37 bits per heavy atom. The molecule has 0 saturated carbocycles. The van der Waals surface area contributed by atoms with Crippen molar-refractivity contribution in [3.63, 3.8) is 0 Å². The fourth-order valence-electron chi connectivity index (χ4n) is 2.62. The molecule has 0 unspecified atom stereocenters. The second-order valence-corrected chi connectivity index (χ2v) is 5.53. The van der Waals surface area contributed by atoms with Gasteiger partial charge in [0.2, 0.25) is 0 Å². The molecule has 1 fully saturated rings. The third kappa shape index (κ3) is 3.01. The van der Waals surface area contributed by atoms with Gasteiger partial charge in [-0.1, -0.05) is 17.7 Å². The van der Waals surface area contributed by atoms with Crippen LogP contribution >= 0.6 is 11.6 Å². The van der Waals surface area contributed by atoms with Crippen molar-refractivity contribution in [2.75, 3.05) is 32.1 Å². The second kappa shape index (κ2) is 5.80. The number of hydrogen-bond donors (Lipinski definition) is 1. The first-order chi connectivity index (χ1) is 9.00. The zero-order valence-electron chi connectivity index (χ0n) is 11.3. The van der Waals surface area contributed by atoms with Gasteiger partial charge in [-0.15, -0.1) is 0 Å². The van der Waals surface area contributed by atoms with Crippen molar-refractivity contribution >= 4 is 23.3 Å². The average molecular weight is 283 g/mol. The van der Waals surface area contributed by atoms with Crippen LogP contribution in [0.4, 0.5) is 5.69 Å². The predicted octanol–water partition coefficient (Wildman–Crippen LogP) is 2.57. The smallest absolute Gasteiger partial charge is 0.337 e. The van der Waals surface area contributed by atoms with Gasteiger partial charge in [-0.25, -0.2) is 4.79 Å². The Labute approximate surface area is 118 Å². The average Bonchev–Trinajstić information content (AvgIpc) is 2.38. The number of carboxylic acids is 1. The lowest BCUT2D eigenvalue weighted by molar-refractivity contribution is 0.0697. The van der Waals surface area contributed by atoms with E-state index in [9.17, 15) is 9.90 Å². The fraction of sp³-hybridized carbons (Fsp3) is 0.500. The molecule has 19 heavy (non-hydrogen) atoms. The molecule has 0 aliphatic carbocycles. The van der Waals surface area contributed by atoms with Crippen molar-refractivity contribution in [1.82, 2.24) is 4.90 Å². The molecule has 1 aliphatic rings. The van der Waals surface area contributed by atoms with Crippen LogP contribution in [0.2, 0.25) is 5.02 Å². The van der Waals surface area contributed by atoms with Crippen LogP contribution in [0.1, 0.15) is 23.2 Å². The van der Waals surface area contributed by atoms with E-state index in [1.807, 2.05) is 0 Å². The summed E-state index contributed by atoms with van der Waals surface area (Å²) in [7, 11) is 4.16. The molecule has 104 valence electrons. The normalized spacial score (nSPS) is 16.9. The van der Waals surface area contributed by atoms with Crippen molar-refractivity contribution in [2.45, 2.75) is 18.9 Å². The first-order valence-corrected chi connectivity index (χ1v) is 6.81. The summed E-state index contributed by atoms with van der Waals surface area (Å²) in [6.07, 6.45) is 2.05. The molecule has 0 spiro atoms. The summed E-state index contributed by atoms with van der Waals surface area (Å²) in [5, 5.41) is 9.78. The molecule has 0 atom stereocenters. The van der Waals surface area contributed by atoms with E-state index in [2.05, 4.69) is 23.9 Å². The lowest BCUT2D eigenvalue weighted by atomic mass is 10.0. The summed E-state index contributed by atoms with van der Waals surface area (Å²) in [5.41, 5.74) is 0.949. The van der Waals surface area contributed by atoms with E-state index in [4.69, 9.17) is 11.6 Å². The summed E-state index contributed by atoms with van der Waals surface area (Å²) in [5.74, 6) is -0.924. The third-order valence-electron chi connectivity index (χ3n) is 3.73. The molecule has 4 nitrogen and oxygen atoms in total. The number of benzene rings is 1. The van der Waals surface area contributed by atoms with Crippen molar-refractivity contribution < 1.29 is 9.90 Å². The largest absolute Gasteiger partial charge is 0.478 e. The topological polar surface area (TPSA) is 43.8 Å². The number of aromatic carboxylic acids is 1. The number of rotatable bonds is 3. The van der Waals surface area contributed by atoms with Gasteiger partial charge in [-0.3, -0.25) is 0 Å². The Kier molecular flexibility index (Phi) is 4.32. The quantitative estimate of drug-likeness (QED) is 0.925. The standard InChI is InChI=1S/C14H19ClN2O2/c1-16(2)10-6-8-17(9-7-10)13-11(14(18)19)4-3-5-12(13)15/h3-5,10H,6-9H2,1-2H3,(H,18,19). The molecule has 0 bridgehead atoms. The summed E-state index contributed by atoms with van der Waals surface area (Å²) in [6, 6.07) is 5.61. The zero-order valence-corrected chi connectivity index (χ0v) is 12.0. The van der Waals surface area contributed by atoms with Gasteiger partial charge in [-0.05, 0) is 39.1 Å². The minimum absolute atomic E-state index is 0.288. The number of para-hydroxylation sites is 1. The highest BCUT2D eigenvalue weighted by molar-refractivity contribution is 6.34. The number of anilines is 1. The van der Waals surface area contributed by atoms with Crippen LogP contribution in [0.3, 0.4) is 0 Å². The Hall–Kier alpha value is -1.26. The minimum atomic E-state index is -0.924. The predicted molar refractivity (Wildman–Crippen MR) is 77.3 cm³/mol. The van der Waals surface area contributed by atoms with Gasteiger partial charge in [0.25, 0.3) is 0 Å². The lowest BCUT2D eigenvalue weighted by Gasteiger charge is -2.37. The molecule has 1 heterocycles. The molecule has 2 rings (SSSR count). The molecule has 1 N–H and O–H groups in total. The van der Waals surface area contributed by atoms with Crippen molar-refractivity contribution in [3.8, 4) is 0 Å². The molecule has 1 aromatic rings. The van der Waals surface area contributed by atoms with Gasteiger partial charge in [-0.2, -0.15) is 0 Å². The van der Waals surface area contributed by atoms with Crippen LogP contribution in [-0.4, -0.2) is 49.2 Å². The molecule has 0 amide bonds. The molecule has 1 saturated heterocycles. The van der Waals surface area contributed by atoms with E-state index < -0.39 is 5.97 Å². The third-order valence-corrected chi connectivity index (χ3v) is 4.03. The highest BCUT2D eigenvalue weighted by Crippen LogP contribution is 2.32. The van der Waals surface area contributed by atoms with E-state index in [-0.39, 0.29) is 5.56 Å². The lowest BCUT2D eigenvalue weighted by Crippen LogP contribution is -2.42. The molecular weight excluding hydrogens is 264 g/mol. The minimum Gasteiger partial charge on any atom is -0.478 e. The maximum atomic E-state index is 11.3. The summed E-state index contributed by atoms with van der Waals surface area (Å²) in [4.78, 5) is 15.6. The molecule has 0 radical (unpaired) electrons. The highest BCUT2D eigenvalue weighted by Gasteiger charge is 2.25. The Morgan fingerprint density at radius 2 is 2.00 bits per heavy atom. The molecule has 1 aliphatic heterocycles. The van der Waals surface area contributed by atoms with Crippen molar-refractivity contribution in [2.24, 2.45) is 0 Å². The first-order valence-electron chi connectivity index (χ1n) is 6.44. The molecular formula is C14H19ClN2O2. The van der Waals surface area contributed by atoms with E-state index in [1.54, 1.807) is 18.2 Å². The van der Waals surface area contributed by atoms with Crippen LogP contribution in [-0.2, 0) is 0 Å². The zero-order chi connectivity index (χ0) is 14.0. The summed E-state index contributed by atoms with van der Waals surface area (Å²) in [6.45, 7) is 1.68. The number of carboxylic acid groups (broad SMARTS) is 1. The van der Waals surface area contributed by atoms with Crippen LogP contribution in [0, 0.1) is 0 Å². The maximum Gasteiger partial charge on any atom is 0.337 e. The summed E-state index contributed by atoms with van der Waals surface area (Å²) >= 11 is 6.19. The summed E-state index contributed by atoms with van der Waals surface area (Å²) < 4.78 is 0. The van der Waals surface area contributed by atoms with Gasteiger partial charge in [0.05, 0.1) is 16.3 Å². The second-order valence-electron chi connectivity index (χ2n) is 5.12. The van der Waals surface area contributed by atoms with Crippen LogP contribution < -0.4 is 4.90 Å².